The Balaban J connectivity index is 2.79. The lowest BCUT2D eigenvalue weighted by molar-refractivity contribution is -0.0163. The van der Waals surface area contributed by atoms with E-state index in [-0.39, 0.29) is 11.4 Å². The summed E-state index contributed by atoms with van der Waals surface area (Å²) in [4.78, 5) is 0.898. The Morgan fingerprint density at radius 2 is 2.05 bits per heavy atom. The summed E-state index contributed by atoms with van der Waals surface area (Å²) in [6, 6.07) is 5.57. The van der Waals surface area contributed by atoms with E-state index in [4.69, 9.17) is 20.4 Å². The molecule has 0 aliphatic carbocycles. The molecule has 0 unspecified atom stereocenters. The maximum Gasteiger partial charge on any atom is 0.174 e. The first-order valence-corrected chi connectivity index (χ1v) is 7.53. The van der Waals surface area contributed by atoms with Gasteiger partial charge in [0, 0.05) is 4.90 Å². The van der Waals surface area contributed by atoms with Crippen LogP contribution in [0.1, 0.15) is 26.3 Å². The minimum Gasteiger partial charge on any atom is -0.490 e. The second-order valence-electron chi connectivity index (χ2n) is 5.13. The highest BCUT2D eigenvalue weighted by atomic mass is 32.2. The third-order valence-corrected chi connectivity index (χ3v) is 3.23. The monoisotopic (exact) mass is 298 g/mol. The third kappa shape index (κ3) is 4.94. The molecule has 0 aliphatic rings. The molecular formula is C14H22N2O3S. The van der Waals surface area contributed by atoms with E-state index in [1.54, 1.807) is 6.07 Å². The smallest absolute Gasteiger partial charge is 0.174 e. The molecule has 20 heavy (non-hydrogen) atoms. The Morgan fingerprint density at radius 1 is 1.35 bits per heavy atom. The summed E-state index contributed by atoms with van der Waals surface area (Å²) in [6.07, 6.45) is 1.93. The molecular weight excluding hydrogens is 276 g/mol. The maximum atomic E-state index is 8.88. The molecule has 112 valence electrons. The maximum absolute atomic E-state index is 8.88. The molecule has 5 nitrogen and oxygen atoms in total. The van der Waals surface area contributed by atoms with E-state index >= 15 is 0 Å². The number of ether oxygens (including phenoxy) is 2. The first kappa shape index (κ1) is 16.7. The Kier molecular flexibility index (Phi) is 6.16. The van der Waals surface area contributed by atoms with E-state index in [2.05, 4.69) is 5.16 Å². The average molecular weight is 298 g/mol. The molecule has 6 heteroatoms. The second-order valence-corrected chi connectivity index (χ2v) is 5.98. The van der Waals surface area contributed by atoms with Gasteiger partial charge in [-0.25, -0.2) is 0 Å². The highest BCUT2D eigenvalue weighted by Gasteiger charge is 2.14. The largest absolute Gasteiger partial charge is 0.490 e. The zero-order valence-corrected chi connectivity index (χ0v) is 13.2. The van der Waals surface area contributed by atoms with Crippen LogP contribution in [0.5, 0.6) is 5.75 Å². The molecule has 0 saturated heterocycles. The van der Waals surface area contributed by atoms with Gasteiger partial charge in [-0.15, -0.1) is 11.8 Å². The minimum absolute atomic E-state index is 0.0432. The van der Waals surface area contributed by atoms with E-state index in [9.17, 15) is 0 Å². The number of rotatable bonds is 6. The lowest BCUT2D eigenvalue weighted by Gasteiger charge is -2.20. The van der Waals surface area contributed by atoms with E-state index in [1.165, 1.54) is 11.8 Å². The standard InChI is InChI=1S/C14H22N2O3S/c1-14(2,3)19-9-8-18-10-6-5-7-11(20-4)12(10)13(15)16-17/h5-7,17H,8-9H2,1-4H3,(H2,15,16). The van der Waals surface area contributed by atoms with Crippen LogP contribution in [0.4, 0.5) is 0 Å². The number of hydrogen-bond acceptors (Lipinski definition) is 5. The van der Waals surface area contributed by atoms with E-state index in [1.807, 2.05) is 39.2 Å². The van der Waals surface area contributed by atoms with Crippen molar-refractivity contribution in [1.29, 1.82) is 0 Å². The van der Waals surface area contributed by atoms with Gasteiger partial charge in [0.1, 0.15) is 12.4 Å². The van der Waals surface area contributed by atoms with Gasteiger partial charge in [-0.1, -0.05) is 11.2 Å². The predicted molar refractivity (Wildman–Crippen MR) is 81.9 cm³/mol. The fourth-order valence-electron chi connectivity index (χ4n) is 1.60. The first-order chi connectivity index (χ1) is 9.39. The number of nitrogens with two attached hydrogens (primary N) is 1. The summed E-state index contributed by atoms with van der Waals surface area (Å²) in [5.74, 6) is 0.631. The highest BCUT2D eigenvalue weighted by molar-refractivity contribution is 7.98. The summed E-state index contributed by atoms with van der Waals surface area (Å²) in [5.41, 5.74) is 6.13. The zero-order valence-electron chi connectivity index (χ0n) is 12.3. The fraction of sp³-hybridized carbons (Fsp3) is 0.500. The molecule has 0 heterocycles. The van der Waals surface area contributed by atoms with Crippen LogP contribution in [0, 0.1) is 0 Å². The SMILES string of the molecule is CSc1cccc(OCCOC(C)(C)C)c1/C(N)=N/O. The summed E-state index contributed by atoms with van der Waals surface area (Å²) < 4.78 is 11.3. The molecule has 0 amide bonds. The molecule has 1 aromatic rings. The van der Waals surface area contributed by atoms with Gasteiger partial charge < -0.3 is 20.4 Å². The topological polar surface area (TPSA) is 77.1 Å². The highest BCUT2D eigenvalue weighted by Crippen LogP contribution is 2.28. The van der Waals surface area contributed by atoms with Crippen molar-refractivity contribution in [3.63, 3.8) is 0 Å². The molecule has 0 aliphatic heterocycles. The molecule has 0 aromatic heterocycles. The number of thioether (sulfide) groups is 1. The van der Waals surface area contributed by atoms with Crippen molar-refractivity contribution in [2.24, 2.45) is 10.9 Å². The summed E-state index contributed by atoms with van der Waals surface area (Å²) in [6.45, 7) is 6.85. The number of benzene rings is 1. The van der Waals surface area contributed by atoms with Crippen LogP contribution in [0.15, 0.2) is 28.3 Å². The van der Waals surface area contributed by atoms with Crippen LogP contribution in [0.3, 0.4) is 0 Å². The molecule has 0 radical (unpaired) electrons. The van der Waals surface area contributed by atoms with E-state index in [0.717, 1.165) is 4.90 Å². The minimum atomic E-state index is -0.196. The fourth-order valence-corrected chi connectivity index (χ4v) is 2.23. The second kappa shape index (κ2) is 7.40. The number of oxime groups is 1. The Hall–Kier alpha value is -1.40. The van der Waals surface area contributed by atoms with Crippen molar-refractivity contribution < 1.29 is 14.7 Å². The molecule has 1 aromatic carbocycles. The molecule has 0 saturated carbocycles. The van der Waals surface area contributed by atoms with Gasteiger partial charge in [-0.05, 0) is 39.2 Å². The summed E-state index contributed by atoms with van der Waals surface area (Å²) in [5, 5.41) is 11.9. The zero-order chi connectivity index (χ0) is 15.2. The summed E-state index contributed by atoms with van der Waals surface area (Å²) in [7, 11) is 0. The summed E-state index contributed by atoms with van der Waals surface area (Å²) >= 11 is 1.51. The van der Waals surface area contributed by atoms with Gasteiger partial charge in [0.15, 0.2) is 5.84 Å². The van der Waals surface area contributed by atoms with Crippen molar-refractivity contribution in [3.8, 4) is 5.75 Å². The van der Waals surface area contributed by atoms with Crippen LogP contribution in [0.2, 0.25) is 0 Å². The van der Waals surface area contributed by atoms with Gasteiger partial charge in [0.25, 0.3) is 0 Å². The molecule has 0 fully saturated rings. The Labute approximate surface area is 124 Å². The van der Waals surface area contributed by atoms with Crippen molar-refractivity contribution in [1.82, 2.24) is 0 Å². The third-order valence-electron chi connectivity index (χ3n) is 2.45. The van der Waals surface area contributed by atoms with Crippen LogP contribution >= 0.6 is 11.8 Å². The molecule has 0 spiro atoms. The van der Waals surface area contributed by atoms with Crippen molar-refractivity contribution >= 4 is 17.6 Å². The molecule has 0 bridgehead atoms. The van der Waals surface area contributed by atoms with Gasteiger partial charge >= 0.3 is 0 Å². The van der Waals surface area contributed by atoms with Crippen molar-refractivity contribution in [2.75, 3.05) is 19.5 Å². The first-order valence-electron chi connectivity index (χ1n) is 6.30. The van der Waals surface area contributed by atoms with Crippen LogP contribution in [0.25, 0.3) is 0 Å². The quantitative estimate of drug-likeness (QED) is 0.211. The lowest BCUT2D eigenvalue weighted by Crippen LogP contribution is -2.23. The predicted octanol–water partition coefficient (Wildman–Crippen LogP) is 2.70. The molecule has 3 N–H and O–H groups in total. The number of hydrogen-bond donors (Lipinski definition) is 2. The van der Waals surface area contributed by atoms with Crippen LogP contribution in [-0.2, 0) is 4.74 Å². The van der Waals surface area contributed by atoms with Gasteiger partial charge in [0.2, 0.25) is 0 Å². The van der Waals surface area contributed by atoms with Gasteiger partial charge in [-0.3, -0.25) is 0 Å². The number of nitrogens with zero attached hydrogens (tertiary/aromatic N) is 1. The van der Waals surface area contributed by atoms with Crippen molar-refractivity contribution in [2.45, 2.75) is 31.3 Å². The Morgan fingerprint density at radius 3 is 2.60 bits per heavy atom. The lowest BCUT2D eigenvalue weighted by atomic mass is 10.2. The van der Waals surface area contributed by atoms with Gasteiger partial charge in [-0.2, -0.15) is 0 Å². The normalized spacial score (nSPS) is 12.5. The van der Waals surface area contributed by atoms with Crippen LogP contribution < -0.4 is 10.5 Å². The van der Waals surface area contributed by atoms with E-state index in [0.29, 0.717) is 24.5 Å². The Bertz CT molecular complexity index is 470. The van der Waals surface area contributed by atoms with E-state index < -0.39 is 0 Å². The van der Waals surface area contributed by atoms with Crippen LogP contribution in [-0.4, -0.2) is 36.1 Å². The molecule has 0 atom stereocenters. The molecule has 1 rings (SSSR count). The van der Waals surface area contributed by atoms with Gasteiger partial charge in [0.05, 0.1) is 17.8 Å². The number of amidine groups is 1. The van der Waals surface area contributed by atoms with Crippen molar-refractivity contribution in [3.05, 3.63) is 23.8 Å². The average Bonchev–Trinajstić information content (AvgIpc) is 2.41.